The van der Waals surface area contributed by atoms with E-state index in [0.29, 0.717) is 13.0 Å². The van der Waals surface area contributed by atoms with Crippen LogP contribution in [0.4, 0.5) is 8.78 Å². The molecule has 0 spiro atoms. The van der Waals surface area contributed by atoms with Gasteiger partial charge in [0.2, 0.25) is 0 Å². The molecule has 0 saturated carbocycles. The number of rotatable bonds is 5. The summed E-state index contributed by atoms with van der Waals surface area (Å²) in [5.41, 5.74) is 0.158. The van der Waals surface area contributed by atoms with Crippen molar-refractivity contribution in [1.82, 2.24) is 5.32 Å². The van der Waals surface area contributed by atoms with Crippen LogP contribution in [0.2, 0.25) is 0 Å². The van der Waals surface area contributed by atoms with Crippen LogP contribution in [0.5, 0.6) is 0 Å². The number of halogens is 2. The predicted octanol–water partition coefficient (Wildman–Crippen LogP) is 3.36. The summed E-state index contributed by atoms with van der Waals surface area (Å²) in [6.45, 7) is 1.31. The van der Waals surface area contributed by atoms with E-state index in [2.05, 4.69) is 5.32 Å². The van der Waals surface area contributed by atoms with Gasteiger partial charge in [0.25, 0.3) is 0 Å². The monoisotopic (exact) mass is 253 g/mol. The Morgan fingerprint density at radius 1 is 1.06 bits per heavy atom. The zero-order valence-electron chi connectivity index (χ0n) is 9.25. The Morgan fingerprint density at radius 3 is 2.47 bits per heavy atom. The van der Waals surface area contributed by atoms with E-state index < -0.39 is 11.6 Å². The Hall–Kier alpha value is -1.26. The van der Waals surface area contributed by atoms with Crippen molar-refractivity contribution in [3.8, 4) is 0 Å². The molecule has 0 saturated heterocycles. The summed E-state index contributed by atoms with van der Waals surface area (Å²) < 4.78 is 26.6. The lowest BCUT2D eigenvalue weighted by Crippen LogP contribution is -2.17. The van der Waals surface area contributed by atoms with Crippen LogP contribution in [0.3, 0.4) is 0 Å². The minimum Gasteiger partial charge on any atom is -0.312 e. The molecule has 0 amide bonds. The fraction of sp³-hybridized carbons (Fsp3) is 0.231. The van der Waals surface area contributed by atoms with Crippen LogP contribution < -0.4 is 5.32 Å². The van der Waals surface area contributed by atoms with Crippen molar-refractivity contribution in [3.05, 3.63) is 57.8 Å². The highest BCUT2D eigenvalue weighted by Gasteiger charge is 2.07. The first-order valence-electron chi connectivity index (χ1n) is 5.43. The number of benzene rings is 1. The highest BCUT2D eigenvalue weighted by molar-refractivity contribution is 7.09. The van der Waals surface area contributed by atoms with Crippen LogP contribution in [0.1, 0.15) is 10.4 Å². The Bertz CT molecular complexity index is 448. The normalized spacial score (nSPS) is 10.7. The molecule has 0 bridgehead atoms. The molecule has 4 heteroatoms. The molecule has 0 aliphatic heterocycles. The second-order valence-corrected chi connectivity index (χ2v) is 4.74. The minimum atomic E-state index is -0.470. The van der Waals surface area contributed by atoms with Crippen molar-refractivity contribution < 1.29 is 8.78 Å². The van der Waals surface area contributed by atoms with Gasteiger partial charge in [-0.25, -0.2) is 8.78 Å². The molecule has 0 fully saturated rings. The quantitative estimate of drug-likeness (QED) is 0.806. The van der Waals surface area contributed by atoms with Crippen molar-refractivity contribution in [2.75, 3.05) is 6.54 Å². The molecule has 90 valence electrons. The van der Waals surface area contributed by atoms with Crippen molar-refractivity contribution >= 4 is 11.3 Å². The zero-order chi connectivity index (χ0) is 12.1. The zero-order valence-corrected chi connectivity index (χ0v) is 10.1. The smallest absolute Gasteiger partial charge is 0.129 e. The summed E-state index contributed by atoms with van der Waals surface area (Å²) in [4.78, 5) is 1.22. The highest BCUT2D eigenvalue weighted by atomic mass is 32.1. The van der Waals surface area contributed by atoms with Crippen molar-refractivity contribution in [2.45, 2.75) is 13.0 Å². The summed E-state index contributed by atoms with van der Waals surface area (Å²) in [5, 5.41) is 5.18. The Kier molecular flexibility index (Phi) is 4.23. The van der Waals surface area contributed by atoms with E-state index in [1.165, 1.54) is 23.1 Å². The van der Waals surface area contributed by atoms with E-state index in [4.69, 9.17) is 0 Å². The fourth-order valence-electron chi connectivity index (χ4n) is 1.61. The Balaban J connectivity index is 1.82. The largest absolute Gasteiger partial charge is 0.312 e. The number of thiophene rings is 1. The average Bonchev–Trinajstić information content (AvgIpc) is 2.80. The molecule has 1 aromatic carbocycles. The molecular weight excluding hydrogens is 240 g/mol. The summed E-state index contributed by atoms with van der Waals surface area (Å²) in [6, 6.07) is 7.97. The first-order chi connectivity index (χ1) is 8.27. The number of hydrogen-bond acceptors (Lipinski definition) is 2. The Labute approximate surface area is 103 Å². The van der Waals surface area contributed by atoms with Gasteiger partial charge in [-0.1, -0.05) is 12.1 Å². The summed E-state index contributed by atoms with van der Waals surface area (Å²) in [7, 11) is 0. The molecule has 0 unspecified atom stereocenters. The molecule has 1 heterocycles. The second-order valence-electron chi connectivity index (χ2n) is 3.71. The van der Waals surface area contributed by atoms with Gasteiger partial charge < -0.3 is 5.32 Å². The SMILES string of the molecule is Fc1cccc(F)c1CCNCc1cccs1. The molecule has 0 radical (unpaired) electrons. The molecule has 0 aliphatic carbocycles. The molecule has 1 nitrogen and oxygen atoms in total. The second kappa shape index (κ2) is 5.89. The molecular formula is C13H13F2NS. The summed E-state index contributed by atoms with van der Waals surface area (Å²) in [5.74, 6) is -0.939. The third-order valence-corrected chi connectivity index (χ3v) is 3.37. The molecule has 2 aromatic rings. The Morgan fingerprint density at radius 2 is 1.82 bits per heavy atom. The van der Waals surface area contributed by atoms with Crippen molar-refractivity contribution in [1.29, 1.82) is 0 Å². The van der Waals surface area contributed by atoms with E-state index in [-0.39, 0.29) is 5.56 Å². The number of nitrogens with one attached hydrogen (secondary N) is 1. The van der Waals surface area contributed by atoms with Crippen LogP contribution in [0, 0.1) is 11.6 Å². The molecule has 1 N–H and O–H groups in total. The topological polar surface area (TPSA) is 12.0 Å². The lowest BCUT2D eigenvalue weighted by Gasteiger charge is -2.05. The maximum Gasteiger partial charge on any atom is 0.129 e. The van der Waals surface area contributed by atoms with E-state index in [9.17, 15) is 8.78 Å². The van der Waals surface area contributed by atoms with Gasteiger partial charge in [-0.15, -0.1) is 11.3 Å². The van der Waals surface area contributed by atoms with E-state index in [0.717, 1.165) is 6.54 Å². The summed E-state index contributed by atoms with van der Waals surface area (Å²) >= 11 is 1.66. The molecule has 2 rings (SSSR count). The maximum atomic E-state index is 13.3. The average molecular weight is 253 g/mol. The van der Waals surface area contributed by atoms with Gasteiger partial charge in [-0.05, 0) is 36.5 Å². The van der Waals surface area contributed by atoms with Crippen LogP contribution in [-0.2, 0) is 13.0 Å². The number of hydrogen-bond donors (Lipinski definition) is 1. The molecule has 0 atom stereocenters. The minimum absolute atomic E-state index is 0.158. The highest BCUT2D eigenvalue weighted by Crippen LogP contribution is 2.12. The molecule has 1 aromatic heterocycles. The van der Waals surface area contributed by atoms with E-state index in [1.807, 2.05) is 17.5 Å². The van der Waals surface area contributed by atoms with E-state index >= 15 is 0 Å². The van der Waals surface area contributed by atoms with Gasteiger partial charge in [-0.3, -0.25) is 0 Å². The van der Waals surface area contributed by atoms with Crippen LogP contribution in [-0.4, -0.2) is 6.54 Å². The van der Waals surface area contributed by atoms with Crippen LogP contribution in [0.15, 0.2) is 35.7 Å². The molecule has 0 aliphatic rings. The van der Waals surface area contributed by atoms with Gasteiger partial charge in [0.1, 0.15) is 11.6 Å². The standard InChI is InChI=1S/C13H13F2NS/c14-12-4-1-5-13(15)11(12)6-7-16-9-10-3-2-8-17-10/h1-5,8,16H,6-7,9H2. The van der Waals surface area contributed by atoms with Crippen molar-refractivity contribution in [3.63, 3.8) is 0 Å². The van der Waals surface area contributed by atoms with Crippen LogP contribution in [0.25, 0.3) is 0 Å². The van der Waals surface area contributed by atoms with Gasteiger partial charge in [0, 0.05) is 17.0 Å². The van der Waals surface area contributed by atoms with Gasteiger partial charge >= 0.3 is 0 Å². The lowest BCUT2D eigenvalue weighted by atomic mass is 10.1. The van der Waals surface area contributed by atoms with Crippen molar-refractivity contribution in [2.24, 2.45) is 0 Å². The first-order valence-corrected chi connectivity index (χ1v) is 6.31. The predicted molar refractivity (Wildman–Crippen MR) is 66.1 cm³/mol. The van der Waals surface area contributed by atoms with Gasteiger partial charge in [0.05, 0.1) is 0 Å². The first kappa shape index (κ1) is 12.2. The van der Waals surface area contributed by atoms with E-state index in [1.54, 1.807) is 11.3 Å². The summed E-state index contributed by atoms with van der Waals surface area (Å²) in [6.07, 6.45) is 0.365. The lowest BCUT2D eigenvalue weighted by molar-refractivity contribution is 0.546. The third kappa shape index (κ3) is 3.35. The van der Waals surface area contributed by atoms with Gasteiger partial charge in [0.15, 0.2) is 0 Å². The molecule has 17 heavy (non-hydrogen) atoms. The maximum absolute atomic E-state index is 13.3. The fourth-order valence-corrected chi connectivity index (χ4v) is 2.28. The van der Waals surface area contributed by atoms with Gasteiger partial charge in [-0.2, -0.15) is 0 Å². The van der Waals surface area contributed by atoms with Crippen LogP contribution >= 0.6 is 11.3 Å². The third-order valence-electron chi connectivity index (χ3n) is 2.49.